The van der Waals surface area contributed by atoms with E-state index in [1.165, 1.54) is 11.8 Å². The molecule has 178 valence electrons. The number of fused-ring (bicyclic) bond motifs is 1. The van der Waals surface area contributed by atoms with Crippen LogP contribution in [0.1, 0.15) is 29.3 Å². The number of hydrogen-bond donors (Lipinski definition) is 1. The van der Waals surface area contributed by atoms with Crippen molar-refractivity contribution < 1.29 is 9.53 Å². The lowest BCUT2D eigenvalue weighted by molar-refractivity contribution is -0.116. The highest BCUT2D eigenvalue weighted by Crippen LogP contribution is 2.24. The molecule has 0 radical (unpaired) electrons. The number of aromatic amines is 1. The number of anilines is 1. The first-order valence-corrected chi connectivity index (χ1v) is 12.4. The Morgan fingerprint density at radius 1 is 1.24 bits per heavy atom. The van der Waals surface area contributed by atoms with Crippen molar-refractivity contribution >= 4 is 23.4 Å². The maximum absolute atomic E-state index is 12.9. The van der Waals surface area contributed by atoms with Crippen molar-refractivity contribution in [1.29, 1.82) is 0 Å². The predicted octanol–water partition coefficient (Wildman–Crippen LogP) is 3.79. The Labute approximate surface area is 204 Å². The molecule has 7 nitrogen and oxygen atoms in total. The summed E-state index contributed by atoms with van der Waals surface area (Å²) in [5.41, 5.74) is 4.48. The van der Waals surface area contributed by atoms with Crippen LogP contribution in [0.2, 0.25) is 0 Å². The SMILES string of the molecule is CCN(C(=O)CSc1nc2c(c(=O)[nH]1)CN(Cc1ccccc1OC)CC2)c1cccc(C)c1. The van der Waals surface area contributed by atoms with Crippen LogP contribution in [0.3, 0.4) is 0 Å². The number of nitrogens with one attached hydrogen (secondary N) is 1. The van der Waals surface area contributed by atoms with Crippen molar-refractivity contribution in [3.8, 4) is 5.75 Å². The molecule has 0 saturated carbocycles. The van der Waals surface area contributed by atoms with Gasteiger partial charge >= 0.3 is 0 Å². The zero-order valence-electron chi connectivity index (χ0n) is 19.8. The number of carbonyl (C=O) groups excluding carboxylic acids is 1. The van der Waals surface area contributed by atoms with Gasteiger partial charge in [0.2, 0.25) is 5.91 Å². The summed E-state index contributed by atoms with van der Waals surface area (Å²) in [5.74, 6) is 1.05. The van der Waals surface area contributed by atoms with Crippen molar-refractivity contribution in [2.75, 3.05) is 30.9 Å². The van der Waals surface area contributed by atoms with Gasteiger partial charge in [-0.05, 0) is 37.6 Å². The van der Waals surface area contributed by atoms with Crippen LogP contribution < -0.4 is 15.2 Å². The standard InChI is InChI=1S/C26H30N4O3S/c1-4-30(20-10-7-8-18(2)14-20)24(31)17-34-26-27-22-12-13-29(16-21(22)25(32)28-26)15-19-9-5-6-11-23(19)33-3/h5-11,14H,4,12-13,15-17H2,1-3H3,(H,27,28,32). The number of H-pyrrole nitrogens is 1. The molecule has 1 aliphatic rings. The molecule has 1 aliphatic heterocycles. The van der Waals surface area contributed by atoms with E-state index >= 15 is 0 Å². The van der Waals surface area contributed by atoms with E-state index in [1.54, 1.807) is 12.0 Å². The fourth-order valence-corrected chi connectivity index (χ4v) is 5.00. The molecule has 0 unspecified atom stereocenters. The van der Waals surface area contributed by atoms with Crippen LogP contribution in [-0.4, -0.2) is 46.7 Å². The highest BCUT2D eigenvalue weighted by atomic mass is 32.2. The minimum atomic E-state index is -0.129. The summed E-state index contributed by atoms with van der Waals surface area (Å²) in [5, 5.41) is 0.496. The van der Waals surface area contributed by atoms with Gasteiger partial charge in [0.15, 0.2) is 5.16 Å². The van der Waals surface area contributed by atoms with Gasteiger partial charge in [-0.3, -0.25) is 14.5 Å². The van der Waals surface area contributed by atoms with Crippen molar-refractivity contribution in [3.05, 3.63) is 81.3 Å². The fraction of sp³-hybridized carbons (Fsp3) is 0.346. The van der Waals surface area contributed by atoms with E-state index in [4.69, 9.17) is 4.74 Å². The average molecular weight is 479 g/mol. The zero-order valence-corrected chi connectivity index (χ0v) is 20.7. The quantitative estimate of drug-likeness (QED) is 0.392. The van der Waals surface area contributed by atoms with Gasteiger partial charge in [0, 0.05) is 43.9 Å². The Morgan fingerprint density at radius 3 is 2.82 bits per heavy atom. The largest absolute Gasteiger partial charge is 0.496 e. The number of hydrogen-bond acceptors (Lipinski definition) is 6. The van der Waals surface area contributed by atoms with Gasteiger partial charge in [-0.1, -0.05) is 42.1 Å². The summed E-state index contributed by atoms with van der Waals surface area (Å²) in [4.78, 5) is 37.3. The molecular formula is C26H30N4O3S. The van der Waals surface area contributed by atoms with E-state index in [9.17, 15) is 9.59 Å². The van der Waals surface area contributed by atoms with Gasteiger partial charge in [0.05, 0.1) is 24.1 Å². The minimum absolute atomic E-state index is 0.0125. The summed E-state index contributed by atoms with van der Waals surface area (Å²) in [6.07, 6.45) is 0.695. The van der Waals surface area contributed by atoms with Crippen LogP contribution in [0, 0.1) is 6.92 Å². The second-order valence-electron chi connectivity index (χ2n) is 8.33. The summed E-state index contributed by atoms with van der Waals surface area (Å²) in [7, 11) is 1.67. The molecule has 0 fully saturated rings. The lowest BCUT2D eigenvalue weighted by Gasteiger charge is -2.28. The van der Waals surface area contributed by atoms with E-state index in [0.717, 1.165) is 34.8 Å². The first kappa shape index (κ1) is 24.0. The Balaban J connectivity index is 1.42. The Morgan fingerprint density at radius 2 is 2.06 bits per heavy atom. The number of methoxy groups -OCH3 is 1. The van der Waals surface area contributed by atoms with E-state index in [-0.39, 0.29) is 17.2 Å². The number of aromatic nitrogens is 2. The summed E-state index contributed by atoms with van der Waals surface area (Å²) in [6, 6.07) is 15.8. The van der Waals surface area contributed by atoms with E-state index in [0.29, 0.717) is 36.8 Å². The van der Waals surface area contributed by atoms with Crippen LogP contribution in [0.5, 0.6) is 5.75 Å². The average Bonchev–Trinajstić information content (AvgIpc) is 2.84. The van der Waals surface area contributed by atoms with E-state index in [2.05, 4.69) is 14.9 Å². The molecular weight excluding hydrogens is 448 g/mol. The lowest BCUT2D eigenvalue weighted by atomic mass is 10.1. The van der Waals surface area contributed by atoms with Crippen LogP contribution in [-0.2, 0) is 24.3 Å². The molecule has 1 aromatic heterocycles. The molecule has 0 spiro atoms. The number of benzene rings is 2. The second-order valence-corrected chi connectivity index (χ2v) is 9.30. The second kappa shape index (κ2) is 10.9. The Hall–Kier alpha value is -3.10. The molecule has 4 rings (SSSR count). The third kappa shape index (κ3) is 5.51. The monoisotopic (exact) mass is 478 g/mol. The highest BCUT2D eigenvalue weighted by molar-refractivity contribution is 7.99. The molecule has 1 N–H and O–H groups in total. The number of carbonyl (C=O) groups is 1. The topological polar surface area (TPSA) is 78.5 Å². The van der Waals surface area contributed by atoms with E-state index < -0.39 is 0 Å². The summed E-state index contributed by atoms with van der Waals surface area (Å²) < 4.78 is 5.46. The predicted molar refractivity (Wildman–Crippen MR) is 136 cm³/mol. The molecule has 0 saturated heterocycles. The van der Waals surface area contributed by atoms with Crippen molar-refractivity contribution in [1.82, 2.24) is 14.9 Å². The van der Waals surface area contributed by atoms with Crippen LogP contribution in [0.15, 0.2) is 58.5 Å². The number of para-hydroxylation sites is 1. The third-order valence-electron chi connectivity index (χ3n) is 5.98. The highest BCUT2D eigenvalue weighted by Gasteiger charge is 2.23. The normalized spacial score (nSPS) is 13.4. The number of rotatable bonds is 8. The molecule has 3 aromatic rings. The molecule has 0 atom stereocenters. The molecule has 1 amide bonds. The molecule has 8 heteroatoms. The van der Waals surface area contributed by atoms with Crippen LogP contribution in [0.4, 0.5) is 5.69 Å². The molecule has 34 heavy (non-hydrogen) atoms. The number of nitrogens with zero attached hydrogens (tertiary/aromatic N) is 3. The van der Waals surface area contributed by atoms with Crippen LogP contribution in [0.25, 0.3) is 0 Å². The summed E-state index contributed by atoms with van der Waals surface area (Å²) >= 11 is 1.28. The molecule has 0 aliphatic carbocycles. The smallest absolute Gasteiger partial charge is 0.256 e. The minimum Gasteiger partial charge on any atom is -0.496 e. The van der Waals surface area contributed by atoms with Crippen molar-refractivity contribution in [2.45, 2.75) is 38.5 Å². The van der Waals surface area contributed by atoms with Gasteiger partial charge in [0.1, 0.15) is 5.75 Å². The third-order valence-corrected chi connectivity index (χ3v) is 6.83. The van der Waals surface area contributed by atoms with Gasteiger partial charge in [0.25, 0.3) is 5.56 Å². The Bertz CT molecular complexity index is 1230. The molecule has 2 aromatic carbocycles. The maximum Gasteiger partial charge on any atom is 0.256 e. The number of ether oxygens (including phenoxy) is 1. The number of amides is 1. The number of aryl methyl sites for hydroxylation is 1. The first-order chi connectivity index (χ1) is 16.5. The summed E-state index contributed by atoms with van der Waals surface area (Å²) in [6.45, 7) is 6.60. The van der Waals surface area contributed by atoms with Gasteiger partial charge in [-0.2, -0.15) is 0 Å². The van der Waals surface area contributed by atoms with Crippen LogP contribution >= 0.6 is 11.8 Å². The van der Waals surface area contributed by atoms with Crippen molar-refractivity contribution in [2.24, 2.45) is 0 Å². The Kier molecular flexibility index (Phi) is 7.70. The van der Waals surface area contributed by atoms with Gasteiger partial charge in [-0.15, -0.1) is 0 Å². The lowest BCUT2D eigenvalue weighted by Crippen LogP contribution is -2.35. The first-order valence-electron chi connectivity index (χ1n) is 11.4. The van der Waals surface area contributed by atoms with Gasteiger partial charge in [-0.25, -0.2) is 4.98 Å². The maximum atomic E-state index is 12.9. The van der Waals surface area contributed by atoms with E-state index in [1.807, 2.05) is 62.4 Å². The van der Waals surface area contributed by atoms with Gasteiger partial charge < -0.3 is 14.6 Å². The molecule has 0 bridgehead atoms. The van der Waals surface area contributed by atoms with Crippen molar-refractivity contribution in [3.63, 3.8) is 0 Å². The molecule has 2 heterocycles. The fourth-order valence-electron chi connectivity index (χ4n) is 4.24. The zero-order chi connectivity index (χ0) is 24.1. The number of thioether (sulfide) groups is 1.